The molecule has 0 saturated carbocycles. The van der Waals surface area contributed by atoms with Gasteiger partial charge in [0.2, 0.25) is 5.91 Å². The molecular formula is C9H16N2O3. The smallest absolute Gasteiger partial charge is 0.320 e. The average Bonchev–Trinajstić information content (AvgIpc) is 1.98. The summed E-state index contributed by atoms with van der Waals surface area (Å²) in [5, 5.41) is 8.71. The van der Waals surface area contributed by atoms with Gasteiger partial charge in [0.15, 0.2) is 0 Å². The maximum absolute atomic E-state index is 11.5. The Morgan fingerprint density at radius 1 is 1.50 bits per heavy atom. The van der Waals surface area contributed by atoms with E-state index < -0.39 is 12.0 Å². The Labute approximate surface area is 83.3 Å². The number of amides is 1. The molecule has 1 aliphatic heterocycles. The van der Waals surface area contributed by atoms with Gasteiger partial charge in [0.25, 0.3) is 0 Å². The van der Waals surface area contributed by atoms with Gasteiger partial charge >= 0.3 is 5.97 Å². The summed E-state index contributed by atoms with van der Waals surface area (Å²) < 4.78 is 0. The predicted molar refractivity (Wildman–Crippen MR) is 50.9 cm³/mol. The lowest BCUT2D eigenvalue weighted by Crippen LogP contribution is -2.49. The summed E-state index contributed by atoms with van der Waals surface area (Å²) in [5.74, 6) is -0.879. The molecule has 5 nitrogen and oxygen atoms in total. The summed E-state index contributed by atoms with van der Waals surface area (Å²) in [6.45, 7) is 3.39. The number of rotatable bonds is 4. The summed E-state index contributed by atoms with van der Waals surface area (Å²) >= 11 is 0. The molecule has 1 heterocycles. The standard InChI is InChI=1S/C9H16N2O3/c1-7(9(13)14)10(2)6-8(12)11-4-3-5-11/h7H,3-6H2,1-2H3,(H,13,14). The van der Waals surface area contributed by atoms with E-state index in [1.165, 1.54) is 0 Å². The van der Waals surface area contributed by atoms with Crippen molar-refractivity contribution in [2.75, 3.05) is 26.7 Å². The third kappa shape index (κ3) is 2.45. The molecule has 1 rings (SSSR count). The summed E-state index contributed by atoms with van der Waals surface area (Å²) in [5.41, 5.74) is 0. The highest BCUT2D eigenvalue weighted by atomic mass is 16.4. The van der Waals surface area contributed by atoms with Crippen LogP contribution in [0.25, 0.3) is 0 Å². The highest BCUT2D eigenvalue weighted by molar-refractivity contribution is 5.80. The number of likely N-dealkylation sites (tertiary alicyclic amines) is 1. The fourth-order valence-corrected chi connectivity index (χ4v) is 1.20. The van der Waals surface area contributed by atoms with Crippen molar-refractivity contribution in [2.24, 2.45) is 0 Å². The Bertz CT molecular complexity index is 238. The molecule has 0 radical (unpaired) electrons. The molecule has 0 aromatic carbocycles. The second-order valence-corrected chi connectivity index (χ2v) is 3.66. The molecule has 1 amide bonds. The summed E-state index contributed by atoms with van der Waals surface area (Å²) in [4.78, 5) is 25.3. The van der Waals surface area contributed by atoms with Crippen LogP contribution >= 0.6 is 0 Å². The van der Waals surface area contributed by atoms with Crippen molar-refractivity contribution in [2.45, 2.75) is 19.4 Å². The van der Waals surface area contributed by atoms with Crippen LogP contribution in [-0.4, -0.2) is 59.5 Å². The number of carboxylic acids is 1. The van der Waals surface area contributed by atoms with Gasteiger partial charge in [-0.1, -0.05) is 0 Å². The lowest BCUT2D eigenvalue weighted by molar-refractivity contribution is -0.144. The number of carboxylic acid groups (broad SMARTS) is 1. The minimum absolute atomic E-state index is 0.0202. The van der Waals surface area contributed by atoms with E-state index in [1.54, 1.807) is 23.8 Å². The van der Waals surface area contributed by atoms with Gasteiger partial charge in [-0.15, -0.1) is 0 Å². The average molecular weight is 200 g/mol. The predicted octanol–water partition coefficient (Wildman–Crippen LogP) is -0.376. The third-order valence-electron chi connectivity index (χ3n) is 2.61. The van der Waals surface area contributed by atoms with Gasteiger partial charge in [-0.25, -0.2) is 0 Å². The number of carbonyl (C=O) groups is 2. The van der Waals surface area contributed by atoms with Gasteiger partial charge in [-0.2, -0.15) is 0 Å². The zero-order valence-corrected chi connectivity index (χ0v) is 8.56. The zero-order valence-electron chi connectivity index (χ0n) is 8.56. The molecule has 0 spiro atoms. The second kappa shape index (κ2) is 4.41. The van der Waals surface area contributed by atoms with Crippen LogP contribution in [-0.2, 0) is 9.59 Å². The first-order chi connectivity index (χ1) is 6.52. The van der Waals surface area contributed by atoms with Crippen molar-refractivity contribution in [3.05, 3.63) is 0 Å². The lowest BCUT2D eigenvalue weighted by atomic mass is 10.2. The Morgan fingerprint density at radius 3 is 2.43 bits per heavy atom. The first-order valence-corrected chi connectivity index (χ1v) is 4.73. The molecule has 0 aromatic heterocycles. The van der Waals surface area contributed by atoms with E-state index in [1.807, 2.05) is 0 Å². The number of aliphatic carboxylic acids is 1. The quantitative estimate of drug-likeness (QED) is 0.672. The van der Waals surface area contributed by atoms with Crippen molar-refractivity contribution in [1.29, 1.82) is 0 Å². The Balaban J connectivity index is 2.35. The molecular weight excluding hydrogens is 184 g/mol. The molecule has 5 heteroatoms. The number of hydrogen-bond donors (Lipinski definition) is 1. The molecule has 0 aliphatic carbocycles. The zero-order chi connectivity index (χ0) is 10.7. The van der Waals surface area contributed by atoms with Gasteiger partial charge in [0.05, 0.1) is 6.54 Å². The largest absolute Gasteiger partial charge is 0.480 e. The molecule has 1 unspecified atom stereocenters. The van der Waals surface area contributed by atoms with E-state index in [0.29, 0.717) is 0 Å². The molecule has 1 N–H and O–H groups in total. The van der Waals surface area contributed by atoms with Crippen LogP contribution in [0.15, 0.2) is 0 Å². The molecule has 1 saturated heterocycles. The van der Waals surface area contributed by atoms with Crippen molar-refractivity contribution in [3.63, 3.8) is 0 Å². The second-order valence-electron chi connectivity index (χ2n) is 3.66. The first kappa shape index (κ1) is 11.0. The van der Waals surface area contributed by atoms with Crippen molar-refractivity contribution in [3.8, 4) is 0 Å². The Hall–Kier alpha value is -1.10. The van der Waals surface area contributed by atoms with E-state index in [0.717, 1.165) is 19.5 Å². The minimum atomic E-state index is -0.899. The summed E-state index contributed by atoms with van der Waals surface area (Å²) in [7, 11) is 1.65. The van der Waals surface area contributed by atoms with Gasteiger partial charge in [-0.3, -0.25) is 14.5 Å². The topological polar surface area (TPSA) is 60.9 Å². The van der Waals surface area contributed by atoms with Crippen LogP contribution in [0, 0.1) is 0 Å². The molecule has 1 aliphatic rings. The van der Waals surface area contributed by atoms with E-state index in [-0.39, 0.29) is 12.5 Å². The Morgan fingerprint density at radius 2 is 2.07 bits per heavy atom. The van der Waals surface area contributed by atoms with E-state index in [4.69, 9.17) is 5.11 Å². The number of nitrogens with zero attached hydrogens (tertiary/aromatic N) is 2. The number of likely N-dealkylation sites (N-methyl/N-ethyl adjacent to an activating group) is 1. The lowest BCUT2D eigenvalue weighted by Gasteiger charge is -2.33. The van der Waals surface area contributed by atoms with Gasteiger partial charge in [0.1, 0.15) is 6.04 Å². The van der Waals surface area contributed by atoms with E-state index in [9.17, 15) is 9.59 Å². The highest BCUT2D eigenvalue weighted by Crippen LogP contribution is 2.07. The maximum Gasteiger partial charge on any atom is 0.320 e. The van der Waals surface area contributed by atoms with Crippen molar-refractivity contribution >= 4 is 11.9 Å². The fourth-order valence-electron chi connectivity index (χ4n) is 1.20. The van der Waals surface area contributed by atoms with Crippen LogP contribution in [0.3, 0.4) is 0 Å². The van der Waals surface area contributed by atoms with Crippen LogP contribution in [0.2, 0.25) is 0 Å². The van der Waals surface area contributed by atoms with Crippen LogP contribution in [0.5, 0.6) is 0 Å². The molecule has 80 valence electrons. The first-order valence-electron chi connectivity index (χ1n) is 4.73. The van der Waals surface area contributed by atoms with Gasteiger partial charge in [-0.05, 0) is 20.4 Å². The molecule has 1 atom stereocenters. The Kier molecular flexibility index (Phi) is 3.46. The van der Waals surface area contributed by atoms with E-state index >= 15 is 0 Å². The molecule has 0 bridgehead atoms. The maximum atomic E-state index is 11.5. The van der Waals surface area contributed by atoms with Crippen molar-refractivity contribution < 1.29 is 14.7 Å². The van der Waals surface area contributed by atoms with Crippen molar-refractivity contribution in [1.82, 2.24) is 9.80 Å². The van der Waals surface area contributed by atoms with Gasteiger partial charge in [0, 0.05) is 13.1 Å². The molecule has 0 aromatic rings. The highest BCUT2D eigenvalue weighted by Gasteiger charge is 2.24. The number of hydrogen-bond acceptors (Lipinski definition) is 3. The van der Waals surface area contributed by atoms with Crippen LogP contribution in [0.1, 0.15) is 13.3 Å². The summed E-state index contributed by atoms with van der Waals surface area (Å²) in [6.07, 6.45) is 1.06. The van der Waals surface area contributed by atoms with Crippen LogP contribution in [0.4, 0.5) is 0 Å². The number of carbonyl (C=O) groups excluding carboxylic acids is 1. The minimum Gasteiger partial charge on any atom is -0.480 e. The van der Waals surface area contributed by atoms with E-state index in [2.05, 4.69) is 0 Å². The SMILES string of the molecule is CC(C(=O)O)N(C)CC(=O)N1CCC1. The molecule has 14 heavy (non-hydrogen) atoms. The monoisotopic (exact) mass is 200 g/mol. The fraction of sp³-hybridized carbons (Fsp3) is 0.778. The normalized spacial score (nSPS) is 17.8. The summed E-state index contributed by atoms with van der Waals surface area (Å²) in [6, 6.07) is -0.611. The third-order valence-corrected chi connectivity index (χ3v) is 2.61. The molecule has 1 fully saturated rings. The van der Waals surface area contributed by atoms with Gasteiger partial charge < -0.3 is 10.0 Å². The van der Waals surface area contributed by atoms with Crippen LogP contribution < -0.4 is 0 Å².